The highest BCUT2D eigenvalue weighted by Crippen LogP contribution is 2.30. The highest BCUT2D eigenvalue weighted by atomic mass is 16.5. The summed E-state index contributed by atoms with van der Waals surface area (Å²) in [4.78, 5) is 41.8. The van der Waals surface area contributed by atoms with Gasteiger partial charge in [0.15, 0.2) is 0 Å². The number of ether oxygens (including phenoxy) is 1. The monoisotopic (exact) mass is 509 g/mol. The van der Waals surface area contributed by atoms with E-state index in [1.165, 1.54) is 0 Å². The molecule has 0 radical (unpaired) electrons. The van der Waals surface area contributed by atoms with E-state index >= 15 is 0 Å². The Balaban J connectivity index is 1.50. The van der Waals surface area contributed by atoms with Crippen molar-refractivity contribution in [1.82, 2.24) is 20.0 Å². The second kappa shape index (κ2) is 12.3. The highest BCUT2D eigenvalue weighted by Gasteiger charge is 2.41. The zero-order valence-corrected chi connectivity index (χ0v) is 22.1. The van der Waals surface area contributed by atoms with Crippen LogP contribution in [0.2, 0.25) is 0 Å². The second-order valence-corrected chi connectivity index (χ2v) is 10.2. The number of aromatic nitrogens is 2. The molecule has 1 aromatic heterocycles. The Morgan fingerprint density at radius 2 is 1.89 bits per heavy atom. The second-order valence-electron chi connectivity index (χ2n) is 10.2. The minimum atomic E-state index is -0.590. The zero-order chi connectivity index (χ0) is 26.4. The Hall–Kier alpha value is -3.36. The SMILES string of the molecule is CC[C@@H](C)C(=O)N[C@H](C(=O)N1CCC[C@H]1C(=O)Nc1ccnn1-c1cccc(OC)c1)C1CCCCC1. The molecule has 2 aromatic rings. The van der Waals surface area contributed by atoms with Crippen LogP contribution in [0.5, 0.6) is 5.75 Å². The molecule has 1 saturated carbocycles. The van der Waals surface area contributed by atoms with E-state index in [1.807, 2.05) is 38.1 Å². The molecule has 4 rings (SSSR count). The van der Waals surface area contributed by atoms with Crippen molar-refractivity contribution in [2.24, 2.45) is 11.8 Å². The summed E-state index contributed by atoms with van der Waals surface area (Å²) >= 11 is 0. The first-order chi connectivity index (χ1) is 17.9. The predicted molar refractivity (Wildman–Crippen MR) is 141 cm³/mol. The minimum Gasteiger partial charge on any atom is -0.497 e. The van der Waals surface area contributed by atoms with Crippen molar-refractivity contribution >= 4 is 23.5 Å². The molecule has 2 aliphatic rings. The van der Waals surface area contributed by atoms with E-state index in [2.05, 4.69) is 15.7 Å². The van der Waals surface area contributed by atoms with Gasteiger partial charge in [-0.2, -0.15) is 5.10 Å². The third-order valence-corrected chi connectivity index (χ3v) is 7.78. The van der Waals surface area contributed by atoms with Crippen LogP contribution < -0.4 is 15.4 Å². The molecular weight excluding hydrogens is 470 g/mol. The topological polar surface area (TPSA) is 106 Å². The van der Waals surface area contributed by atoms with Crippen LogP contribution in [0, 0.1) is 11.8 Å². The van der Waals surface area contributed by atoms with Crippen LogP contribution in [0.1, 0.15) is 65.2 Å². The van der Waals surface area contributed by atoms with Gasteiger partial charge in [0.1, 0.15) is 23.7 Å². The third kappa shape index (κ3) is 6.14. The first-order valence-electron chi connectivity index (χ1n) is 13.5. The Morgan fingerprint density at radius 3 is 2.62 bits per heavy atom. The average molecular weight is 510 g/mol. The van der Waals surface area contributed by atoms with Crippen LogP contribution in [0.4, 0.5) is 5.82 Å². The van der Waals surface area contributed by atoms with Crippen LogP contribution in [-0.2, 0) is 14.4 Å². The van der Waals surface area contributed by atoms with E-state index < -0.39 is 12.1 Å². The number of hydrogen-bond acceptors (Lipinski definition) is 5. The van der Waals surface area contributed by atoms with E-state index in [9.17, 15) is 14.4 Å². The standard InChI is InChI=1S/C28H39N5O4/c1-4-19(2)26(34)31-25(20-10-6-5-7-11-20)28(36)32-17-9-14-23(32)27(35)30-24-15-16-29-33(24)21-12-8-13-22(18-21)37-3/h8,12-13,15-16,18-20,23,25H,4-7,9-11,14,17H2,1-3H3,(H,30,35)(H,31,34)/t19-,23+,25+/m1/s1. The van der Waals surface area contributed by atoms with E-state index in [-0.39, 0.29) is 29.6 Å². The van der Waals surface area contributed by atoms with Crippen molar-refractivity contribution < 1.29 is 19.1 Å². The number of amides is 3. The maximum atomic E-state index is 13.9. The summed E-state index contributed by atoms with van der Waals surface area (Å²) < 4.78 is 6.95. The lowest BCUT2D eigenvalue weighted by atomic mass is 9.83. The lowest BCUT2D eigenvalue weighted by Crippen LogP contribution is -2.56. The van der Waals surface area contributed by atoms with Gasteiger partial charge in [-0.3, -0.25) is 14.4 Å². The average Bonchev–Trinajstić information content (AvgIpc) is 3.61. The minimum absolute atomic E-state index is 0.0891. The Morgan fingerprint density at radius 1 is 1.11 bits per heavy atom. The van der Waals surface area contributed by atoms with Crippen molar-refractivity contribution in [3.8, 4) is 11.4 Å². The smallest absolute Gasteiger partial charge is 0.248 e. The third-order valence-electron chi connectivity index (χ3n) is 7.78. The van der Waals surface area contributed by atoms with Crippen LogP contribution in [0.25, 0.3) is 5.69 Å². The fourth-order valence-corrected chi connectivity index (χ4v) is 5.37. The number of anilines is 1. The first-order valence-corrected chi connectivity index (χ1v) is 13.5. The number of hydrogen-bond donors (Lipinski definition) is 2. The van der Waals surface area contributed by atoms with Crippen molar-refractivity contribution in [3.63, 3.8) is 0 Å². The van der Waals surface area contributed by atoms with Crippen molar-refractivity contribution in [2.75, 3.05) is 19.0 Å². The van der Waals surface area contributed by atoms with Crippen LogP contribution >= 0.6 is 0 Å². The van der Waals surface area contributed by atoms with Gasteiger partial charge in [-0.05, 0) is 50.2 Å². The number of benzene rings is 1. The summed E-state index contributed by atoms with van der Waals surface area (Å²) in [5, 5.41) is 10.4. The van der Waals surface area contributed by atoms with Crippen LogP contribution in [0.15, 0.2) is 36.5 Å². The highest BCUT2D eigenvalue weighted by molar-refractivity contribution is 5.98. The molecule has 0 bridgehead atoms. The summed E-state index contributed by atoms with van der Waals surface area (Å²) in [6, 6.07) is 7.97. The number of likely N-dealkylation sites (tertiary alicyclic amines) is 1. The van der Waals surface area contributed by atoms with E-state index in [4.69, 9.17) is 4.74 Å². The van der Waals surface area contributed by atoms with E-state index in [0.29, 0.717) is 31.0 Å². The summed E-state index contributed by atoms with van der Waals surface area (Å²) in [5.41, 5.74) is 0.754. The van der Waals surface area contributed by atoms with Crippen LogP contribution in [-0.4, -0.2) is 58.1 Å². The molecule has 3 atom stereocenters. The van der Waals surface area contributed by atoms with Gasteiger partial charge in [-0.1, -0.05) is 39.2 Å². The quantitative estimate of drug-likeness (QED) is 0.533. The van der Waals surface area contributed by atoms with Gasteiger partial charge in [0, 0.05) is 24.6 Å². The number of nitrogens with one attached hydrogen (secondary N) is 2. The fraction of sp³-hybridized carbons (Fsp3) is 0.571. The fourth-order valence-electron chi connectivity index (χ4n) is 5.37. The summed E-state index contributed by atoms with van der Waals surface area (Å²) in [6.45, 7) is 4.36. The van der Waals surface area contributed by atoms with Gasteiger partial charge in [-0.25, -0.2) is 4.68 Å². The lowest BCUT2D eigenvalue weighted by Gasteiger charge is -2.35. The van der Waals surface area contributed by atoms with E-state index in [0.717, 1.165) is 44.2 Å². The largest absolute Gasteiger partial charge is 0.497 e. The maximum absolute atomic E-state index is 13.9. The molecule has 2 heterocycles. The molecule has 9 heteroatoms. The number of carbonyl (C=O) groups is 3. The maximum Gasteiger partial charge on any atom is 0.248 e. The molecule has 0 unspecified atom stereocenters. The molecule has 1 aromatic carbocycles. The van der Waals surface area contributed by atoms with Crippen LogP contribution in [0.3, 0.4) is 0 Å². The molecule has 9 nitrogen and oxygen atoms in total. The van der Waals surface area contributed by atoms with E-state index in [1.54, 1.807) is 29.0 Å². The predicted octanol–water partition coefficient (Wildman–Crippen LogP) is 3.92. The first kappa shape index (κ1) is 26.7. The molecule has 0 spiro atoms. The molecule has 200 valence electrons. The summed E-state index contributed by atoms with van der Waals surface area (Å²) in [6.07, 6.45) is 8.79. The molecule has 1 aliphatic carbocycles. The van der Waals surface area contributed by atoms with Crippen molar-refractivity contribution in [2.45, 2.75) is 77.3 Å². The van der Waals surface area contributed by atoms with Gasteiger partial charge in [0.05, 0.1) is 19.0 Å². The number of carbonyl (C=O) groups excluding carboxylic acids is 3. The van der Waals surface area contributed by atoms with Gasteiger partial charge in [0.25, 0.3) is 0 Å². The Labute approximate surface area is 218 Å². The molecular formula is C28H39N5O4. The van der Waals surface area contributed by atoms with Gasteiger partial charge in [0.2, 0.25) is 17.7 Å². The lowest BCUT2D eigenvalue weighted by molar-refractivity contribution is -0.142. The van der Waals surface area contributed by atoms with Crippen molar-refractivity contribution in [1.29, 1.82) is 0 Å². The number of methoxy groups -OCH3 is 1. The zero-order valence-electron chi connectivity index (χ0n) is 22.1. The Bertz CT molecular complexity index is 1090. The van der Waals surface area contributed by atoms with Crippen molar-refractivity contribution in [3.05, 3.63) is 36.5 Å². The molecule has 2 N–H and O–H groups in total. The molecule has 1 aliphatic heterocycles. The molecule has 1 saturated heterocycles. The van der Waals surface area contributed by atoms with Gasteiger partial charge < -0.3 is 20.3 Å². The van der Waals surface area contributed by atoms with Gasteiger partial charge >= 0.3 is 0 Å². The van der Waals surface area contributed by atoms with Gasteiger partial charge in [-0.15, -0.1) is 0 Å². The Kier molecular flexibility index (Phi) is 8.84. The summed E-state index contributed by atoms with van der Waals surface area (Å²) in [5.74, 6) is 0.682. The molecule has 3 amide bonds. The summed E-state index contributed by atoms with van der Waals surface area (Å²) in [7, 11) is 1.60. The normalized spacial score (nSPS) is 19.8. The number of nitrogens with zero attached hydrogens (tertiary/aromatic N) is 3. The molecule has 37 heavy (non-hydrogen) atoms. The number of rotatable bonds is 9. The molecule has 2 fully saturated rings.